The normalized spacial score (nSPS) is 18.5. The van der Waals surface area contributed by atoms with Gasteiger partial charge in [-0.3, -0.25) is 18.8 Å². The van der Waals surface area contributed by atoms with Gasteiger partial charge in [-0.1, -0.05) is 12.1 Å². The molecule has 1 aliphatic rings. The molecule has 0 saturated heterocycles. The van der Waals surface area contributed by atoms with Gasteiger partial charge in [0.05, 0.1) is 12.8 Å². The molecule has 1 aliphatic heterocycles. The molecular formula is C16H11F2N2O7P. The summed E-state index contributed by atoms with van der Waals surface area (Å²) in [5.74, 6) is -1.74. The molecule has 146 valence electrons. The lowest BCUT2D eigenvalue weighted by molar-refractivity contribution is 0.118. The fourth-order valence-corrected chi connectivity index (χ4v) is 3.55. The molecule has 4 rings (SSSR count). The van der Waals surface area contributed by atoms with Crippen molar-refractivity contribution < 1.29 is 31.3 Å². The van der Waals surface area contributed by atoms with Gasteiger partial charge in [0.15, 0.2) is 11.5 Å². The zero-order valence-electron chi connectivity index (χ0n) is 13.9. The predicted octanol–water partition coefficient (Wildman–Crippen LogP) is 2.63. The minimum Gasteiger partial charge on any atom is -0.438 e. The summed E-state index contributed by atoms with van der Waals surface area (Å²) in [6.45, 7) is -0.460. The number of aromatic nitrogens is 2. The molecule has 0 fully saturated rings. The molecule has 3 aromatic rings. The van der Waals surface area contributed by atoms with E-state index in [0.717, 1.165) is 0 Å². The Kier molecular flexibility index (Phi) is 4.50. The van der Waals surface area contributed by atoms with Crippen LogP contribution in [0.5, 0.6) is 5.75 Å². The number of hydrogen-bond donors (Lipinski definition) is 1. The maximum atomic E-state index is 13.4. The molecule has 2 aromatic heterocycles. The first-order chi connectivity index (χ1) is 13.3. The van der Waals surface area contributed by atoms with E-state index in [1.807, 2.05) is 0 Å². The van der Waals surface area contributed by atoms with Crippen LogP contribution in [0.25, 0.3) is 5.88 Å². The molecule has 0 saturated carbocycles. The van der Waals surface area contributed by atoms with Gasteiger partial charge in [-0.05, 0) is 17.7 Å². The monoisotopic (exact) mass is 412 g/mol. The number of hydrogen-bond acceptors (Lipinski definition) is 7. The fraction of sp³-hybridized carbons (Fsp3) is 0.125. The van der Waals surface area contributed by atoms with Crippen molar-refractivity contribution in [2.24, 2.45) is 0 Å². The lowest BCUT2D eigenvalue weighted by Gasteiger charge is -2.21. The lowest BCUT2D eigenvalue weighted by Crippen LogP contribution is -2.30. The molecule has 28 heavy (non-hydrogen) atoms. The number of aromatic amines is 1. The van der Waals surface area contributed by atoms with Gasteiger partial charge < -0.3 is 8.94 Å². The van der Waals surface area contributed by atoms with Crippen LogP contribution in [0.4, 0.5) is 8.78 Å². The predicted molar refractivity (Wildman–Crippen MR) is 89.1 cm³/mol. The maximum Gasteiger partial charge on any atom is 0.530 e. The van der Waals surface area contributed by atoms with Gasteiger partial charge in [0.25, 0.3) is 5.56 Å². The molecular weight excluding hydrogens is 401 g/mol. The van der Waals surface area contributed by atoms with Gasteiger partial charge in [-0.2, -0.15) is 4.39 Å². The minimum absolute atomic E-state index is 0.0257. The second kappa shape index (κ2) is 6.86. The molecule has 1 atom stereocenters. The third-order valence-electron chi connectivity index (χ3n) is 3.76. The minimum atomic E-state index is -4.00. The van der Waals surface area contributed by atoms with E-state index >= 15 is 0 Å². The highest BCUT2D eigenvalue weighted by Gasteiger charge is 2.37. The number of rotatable bonds is 4. The molecule has 0 bridgehead atoms. The first-order valence-corrected chi connectivity index (χ1v) is 9.27. The van der Waals surface area contributed by atoms with Gasteiger partial charge in [0, 0.05) is 6.07 Å². The van der Waals surface area contributed by atoms with E-state index in [1.165, 1.54) is 30.3 Å². The average Bonchev–Trinajstić information content (AvgIpc) is 3.07. The SMILES string of the molecule is O=c1[nH]c(=O)n(-c2cc3c(o2)COP(=O)(OCc2ccc(F)cc2)O3)cc1F. The van der Waals surface area contributed by atoms with Crippen LogP contribution in [0.3, 0.4) is 0 Å². The zero-order chi connectivity index (χ0) is 19.9. The summed E-state index contributed by atoms with van der Waals surface area (Å²) in [5, 5.41) is 0. The van der Waals surface area contributed by atoms with Crippen LogP contribution >= 0.6 is 7.82 Å². The summed E-state index contributed by atoms with van der Waals surface area (Å²) in [4.78, 5) is 24.7. The van der Waals surface area contributed by atoms with Crippen molar-refractivity contribution in [1.29, 1.82) is 0 Å². The quantitative estimate of drug-likeness (QED) is 0.656. The summed E-state index contributed by atoms with van der Waals surface area (Å²) in [6.07, 6.45) is 0.650. The smallest absolute Gasteiger partial charge is 0.438 e. The molecule has 1 unspecified atom stereocenters. The number of furan rings is 1. The molecule has 0 radical (unpaired) electrons. The van der Waals surface area contributed by atoms with E-state index in [-0.39, 0.29) is 30.6 Å². The maximum absolute atomic E-state index is 13.4. The van der Waals surface area contributed by atoms with Crippen molar-refractivity contribution in [3.05, 3.63) is 80.3 Å². The lowest BCUT2D eigenvalue weighted by atomic mass is 10.2. The van der Waals surface area contributed by atoms with Crippen LogP contribution in [-0.2, 0) is 26.8 Å². The van der Waals surface area contributed by atoms with Crippen molar-refractivity contribution in [3.63, 3.8) is 0 Å². The number of fused-ring (bicyclic) bond motifs is 1. The van der Waals surface area contributed by atoms with Crippen LogP contribution in [0.2, 0.25) is 0 Å². The summed E-state index contributed by atoms with van der Waals surface area (Å²) in [5.41, 5.74) is -1.57. The van der Waals surface area contributed by atoms with E-state index < -0.39 is 30.7 Å². The van der Waals surface area contributed by atoms with Gasteiger partial charge in [0.2, 0.25) is 11.7 Å². The van der Waals surface area contributed by atoms with Gasteiger partial charge in [-0.25, -0.2) is 18.3 Å². The van der Waals surface area contributed by atoms with Gasteiger partial charge in [-0.15, -0.1) is 0 Å². The Bertz CT molecular complexity index is 1200. The van der Waals surface area contributed by atoms with Crippen molar-refractivity contribution in [1.82, 2.24) is 9.55 Å². The average molecular weight is 412 g/mol. The Morgan fingerprint density at radius 1 is 1.21 bits per heavy atom. The second-order valence-corrected chi connectivity index (χ2v) is 7.28. The van der Waals surface area contributed by atoms with Crippen molar-refractivity contribution in [3.8, 4) is 11.6 Å². The van der Waals surface area contributed by atoms with E-state index in [2.05, 4.69) is 0 Å². The number of H-pyrrole nitrogens is 1. The fourth-order valence-electron chi connectivity index (χ4n) is 2.39. The Morgan fingerprint density at radius 3 is 2.71 bits per heavy atom. The first kappa shape index (κ1) is 18.4. The molecule has 1 N–H and O–H groups in total. The highest BCUT2D eigenvalue weighted by molar-refractivity contribution is 7.49. The number of benzene rings is 1. The Balaban J connectivity index is 1.55. The Hall–Kier alpha value is -3.01. The van der Waals surface area contributed by atoms with Crippen LogP contribution in [0, 0.1) is 11.6 Å². The third-order valence-corrected chi connectivity index (χ3v) is 5.07. The van der Waals surface area contributed by atoms with Crippen molar-refractivity contribution in [2.75, 3.05) is 0 Å². The zero-order valence-corrected chi connectivity index (χ0v) is 14.8. The Morgan fingerprint density at radius 2 is 1.96 bits per heavy atom. The van der Waals surface area contributed by atoms with Crippen LogP contribution in [0.1, 0.15) is 11.3 Å². The molecule has 0 aliphatic carbocycles. The summed E-state index contributed by atoms with van der Waals surface area (Å²) in [7, 11) is -4.00. The molecule has 1 aromatic carbocycles. The first-order valence-electron chi connectivity index (χ1n) is 7.81. The summed E-state index contributed by atoms with van der Waals surface area (Å²) in [6, 6.07) is 6.52. The van der Waals surface area contributed by atoms with Crippen molar-refractivity contribution >= 4 is 7.82 Å². The Labute approximate surface area is 154 Å². The van der Waals surface area contributed by atoms with E-state index in [1.54, 1.807) is 4.98 Å². The molecule has 12 heteroatoms. The largest absolute Gasteiger partial charge is 0.530 e. The van der Waals surface area contributed by atoms with E-state index in [9.17, 15) is 22.9 Å². The third kappa shape index (κ3) is 3.55. The van der Waals surface area contributed by atoms with Gasteiger partial charge in [0.1, 0.15) is 12.4 Å². The number of halogens is 2. The highest BCUT2D eigenvalue weighted by Crippen LogP contribution is 2.55. The van der Waals surface area contributed by atoms with Crippen molar-refractivity contribution in [2.45, 2.75) is 13.2 Å². The number of phosphoric acid groups is 1. The van der Waals surface area contributed by atoms with E-state index in [0.29, 0.717) is 16.3 Å². The van der Waals surface area contributed by atoms with Gasteiger partial charge >= 0.3 is 13.5 Å². The van der Waals surface area contributed by atoms with Crippen LogP contribution in [-0.4, -0.2) is 9.55 Å². The highest BCUT2D eigenvalue weighted by atomic mass is 31.2. The number of nitrogens with zero attached hydrogens (tertiary/aromatic N) is 1. The number of nitrogens with one attached hydrogen (secondary N) is 1. The molecule has 3 heterocycles. The number of phosphoric ester groups is 1. The second-order valence-electron chi connectivity index (χ2n) is 5.69. The van der Waals surface area contributed by atoms with Crippen LogP contribution in [0.15, 0.2) is 50.5 Å². The standard InChI is InChI=1S/C16H11F2N2O7P/c17-10-3-1-9(2-4-10)7-24-28(23)25-8-13-12(27-28)5-14(26-13)20-6-11(18)15(21)19-16(20)22/h1-6H,7-8H2,(H,19,21,22). The summed E-state index contributed by atoms with van der Waals surface area (Å²) < 4.78 is 60.5. The van der Waals surface area contributed by atoms with E-state index in [4.69, 9.17) is 18.0 Å². The molecule has 0 amide bonds. The molecule has 0 spiro atoms. The van der Waals surface area contributed by atoms with Crippen LogP contribution < -0.4 is 15.8 Å². The summed E-state index contributed by atoms with van der Waals surface area (Å²) >= 11 is 0. The molecule has 9 nitrogen and oxygen atoms in total. The topological polar surface area (TPSA) is 113 Å².